The molecule has 0 aliphatic heterocycles. The normalized spacial score (nSPS) is 10.2. The standard InChI is InChI=1S/C12H12FN3/c1-9-3-5-10(6-4-9)16(2)12-7-11(13)14-8-15-12/h3-8H,1-2H3. The molecule has 0 aliphatic rings. The van der Waals surface area contributed by atoms with Gasteiger partial charge < -0.3 is 4.90 Å². The third-order valence-corrected chi connectivity index (χ3v) is 2.38. The van der Waals surface area contributed by atoms with E-state index < -0.39 is 5.95 Å². The van der Waals surface area contributed by atoms with Crippen LogP contribution in [0.5, 0.6) is 0 Å². The van der Waals surface area contributed by atoms with Crippen LogP contribution in [0.2, 0.25) is 0 Å². The Hall–Kier alpha value is -1.97. The van der Waals surface area contributed by atoms with Crippen LogP contribution in [0.15, 0.2) is 36.7 Å². The van der Waals surface area contributed by atoms with Crippen LogP contribution in [-0.2, 0) is 0 Å². The van der Waals surface area contributed by atoms with E-state index in [0.29, 0.717) is 5.82 Å². The molecule has 16 heavy (non-hydrogen) atoms. The molecule has 0 unspecified atom stereocenters. The largest absolute Gasteiger partial charge is 0.329 e. The van der Waals surface area contributed by atoms with Crippen molar-refractivity contribution in [3.8, 4) is 0 Å². The van der Waals surface area contributed by atoms with E-state index in [-0.39, 0.29) is 0 Å². The van der Waals surface area contributed by atoms with E-state index in [1.807, 2.05) is 43.1 Å². The van der Waals surface area contributed by atoms with Gasteiger partial charge in [0, 0.05) is 18.8 Å². The van der Waals surface area contributed by atoms with Gasteiger partial charge in [0.15, 0.2) is 0 Å². The van der Waals surface area contributed by atoms with Crippen LogP contribution in [0, 0.1) is 12.9 Å². The number of hydrogen-bond acceptors (Lipinski definition) is 3. The minimum absolute atomic E-state index is 0.524. The van der Waals surface area contributed by atoms with E-state index in [1.54, 1.807) is 0 Å². The van der Waals surface area contributed by atoms with Gasteiger partial charge in [0.1, 0.15) is 12.1 Å². The number of benzene rings is 1. The van der Waals surface area contributed by atoms with Crippen molar-refractivity contribution in [2.45, 2.75) is 6.92 Å². The molecule has 2 aromatic rings. The van der Waals surface area contributed by atoms with Crippen molar-refractivity contribution in [1.82, 2.24) is 9.97 Å². The average Bonchev–Trinajstić information content (AvgIpc) is 2.29. The van der Waals surface area contributed by atoms with Gasteiger partial charge in [0.25, 0.3) is 0 Å². The molecule has 0 amide bonds. The third-order valence-electron chi connectivity index (χ3n) is 2.38. The zero-order chi connectivity index (χ0) is 11.5. The lowest BCUT2D eigenvalue weighted by atomic mass is 10.2. The predicted octanol–water partition coefficient (Wildman–Crippen LogP) is 2.69. The molecule has 0 saturated heterocycles. The Kier molecular flexibility index (Phi) is 2.81. The van der Waals surface area contributed by atoms with Gasteiger partial charge in [-0.05, 0) is 19.1 Å². The second-order valence-corrected chi connectivity index (χ2v) is 3.59. The maximum atomic E-state index is 12.9. The molecule has 0 atom stereocenters. The zero-order valence-electron chi connectivity index (χ0n) is 9.18. The summed E-state index contributed by atoms with van der Waals surface area (Å²) in [6.45, 7) is 2.02. The lowest BCUT2D eigenvalue weighted by molar-refractivity contribution is 0.579. The second kappa shape index (κ2) is 4.26. The summed E-state index contributed by atoms with van der Waals surface area (Å²) >= 11 is 0. The van der Waals surface area contributed by atoms with Gasteiger partial charge in [-0.15, -0.1) is 0 Å². The molecule has 1 aromatic carbocycles. The monoisotopic (exact) mass is 217 g/mol. The quantitative estimate of drug-likeness (QED) is 0.724. The van der Waals surface area contributed by atoms with Crippen LogP contribution >= 0.6 is 0 Å². The Morgan fingerprint density at radius 1 is 1.12 bits per heavy atom. The van der Waals surface area contributed by atoms with Crippen molar-refractivity contribution in [3.63, 3.8) is 0 Å². The smallest absolute Gasteiger partial charge is 0.218 e. The molecule has 0 spiro atoms. The van der Waals surface area contributed by atoms with Crippen molar-refractivity contribution < 1.29 is 4.39 Å². The van der Waals surface area contributed by atoms with Crippen molar-refractivity contribution in [1.29, 1.82) is 0 Å². The second-order valence-electron chi connectivity index (χ2n) is 3.59. The molecule has 1 aromatic heterocycles. The average molecular weight is 217 g/mol. The summed E-state index contributed by atoms with van der Waals surface area (Å²) in [7, 11) is 1.84. The topological polar surface area (TPSA) is 29.0 Å². The van der Waals surface area contributed by atoms with E-state index >= 15 is 0 Å². The summed E-state index contributed by atoms with van der Waals surface area (Å²) in [5.41, 5.74) is 2.15. The van der Waals surface area contributed by atoms with Gasteiger partial charge in [-0.2, -0.15) is 4.39 Å². The number of halogens is 1. The van der Waals surface area contributed by atoms with Gasteiger partial charge in [0.05, 0.1) is 0 Å². The van der Waals surface area contributed by atoms with Gasteiger partial charge in [-0.1, -0.05) is 17.7 Å². The van der Waals surface area contributed by atoms with E-state index in [4.69, 9.17) is 0 Å². The van der Waals surface area contributed by atoms with E-state index in [9.17, 15) is 4.39 Å². The predicted molar refractivity (Wildman–Crippen MR) is 61.2 cm³/mol. The van der Waals surface area contributed by atoms with Gasteiger partial charge in [-0.25, -0.2) is 9.97 Å². The summed E-state index contributed by atoms with van der Waals surface area (Å²) < 4.78 is 12.9. The minimum atomic E-state index is -0.524. The summed E-state index contributed by atoms with van der Waals surface area (Å²) in [6.07, 6.45) is 1.22. The molecule has 82 valence electrons. The highest BCUT2D eigenvalue weighted by atomic mass is 19.1. The molecular formula is C12H12FN3. The Balaban J connectivity index is 2.31. The highest BCUT2D eigenvalue weighted by Gasteiger charge is 2.06. The highest BCUT2D eigenvalue weighted by Crippen LogP contribution is 2.21. The lowest BCUT2D eigenvalue weighted by Gasteiger charge is -2.17. The van der Waals surface area contributed by atoms with Crippen LogP contribution < -0.4 is 4.90 Å². The molecule has 3 nitrogen and oxygen atoms in total. The van der Waals surface area contributed by atoms with Crippen molar-refractivity contribution in [2.75, 3.05) is 11.9 Å². The Morgan fingerprint density at radius 3 is 2.44 bits per heavy atom. The van der Waals surface area contributed by atoms with Crippen LogP contribution in [0.4, 0.5) is 15.9 Å². The maximum absolute atomic E-state index is 12.9. The van der Waals surface area contributed by atoms with Gasteiger partial charge in [-0.3, -0.25) is 0 Å². The molecule has 1 heterocycles. The molecule has 0 aliphatic carbocycles. The fourth-order valence-corrected chi connectivity index (χ4v) is 1.41. The van der Waals surface area contributed by atoms with Crippen LogP contribution in [0.3, 0.4) is 0 Å². The number of aromatic nitrogens is 2. The zero-order valence-corrected chi connectivity index (χ0v) is 9.18. The fraction of sp³-hybridized carbons (Fsp3) is 0.167. The highest BCUT2D eigenvalue weighted by molar-refractivity contribution is 5.58. The summed E-state index contributed by atoms with van der Waals surface area (Å²) in [5.74, 6) is 0.0142. The number of rotatable bonds is 2. The van der Waals surface area contributed by atoms with E-state index in [0.717, 1.165) is 5.69 Å². The number of aryl methyl sites for hydroxylation is 1. The van der Waals surface area contributed by atoms with Crippen LogP contribution in [0.1, 0.15) is 5.56 Å². The molecule has 0 bridgehead atoms. The molecule has 2 rings (SSSR count). The summed E-state index contributed by atoms with van der Waals surface area (Å²) in [6, 6.07) is 9.25. The van der Waals surface area contributed by atoms with Crippen molar-refractivity contribution in [2.24, 2.45) is 0 Å². The fourth-order valence-electron chi connectivity index (χ4n) is 1.41. The van der Waals surface area contributed by atoms with Gasteiger partial charge >= 0.3 is 0 Å². The van der Waals surface area contributed by atoms with E-state index in [1.165, 1.54) is 18.0 Å². The molecular weight excluding hydrogens is 205 g/mol. The molecule has 0 radical (unpaired) electrons. The van der Waals surface area contributed by atoms with Gasteiger partial charge in [0.2, 0.25) is 5.95 Å². The number of hydrogen-bond donors (Lipinski definition) is 0. The first-order chi connectivity index (χ1) is 7.66. The SMILES string of the molecule is Cc1ccc(N(C)c2cc(F)ncn2)cc1. The number of nitrogens with zero attached hydrogens (tertiary/aromatic N) is 3. The lowest BCUT2D eigenvalue weighted by Crippen LogP contribution is -2.11. The third kappa shape index (κ3) is 2.16. The Bertz CT molecular complexity index is 482. The summed E-state index contributed by atoms with van der Waals surface area (Å²) in [5, 5.41) is 0. The number of anilines is 2. The minimum Gasteiger partial charge on any atom is -0.329 e. The van der Waals surface area contributed by atoms with Crippen LogP contribution in [-0.4, -0.2) is 17.0 Å². The van der Waals surface area contributed by atoms with Crippen molar-refractivity contribution in [3.05, 3.63) is 48.2 Å². The molecule has 0 N–H and O–H groups in total. The first-order valence-corrected chi connectivity index (χ1v) is 4.95. The first-order valence-electron chi connectivity index (χ1n) is 4.95. The first kappa shape index (κ1) is 10.5. The molecule has 4 heteroatoms. The van der Waals surface area contributed by atoms with Crippen LogP contribution in [0.25, 0.3) is 0 Å². The van der Waals surface area contributed by atoms with E-state index in [2.05, 4.69) is 9.97 Å². The summed E-state index contributed by atoms with van der Waals surface area (Å²) in [4.78, 5) is 9.25. The molecule has 0 saturated carbocycles. The Labute approximate surface area is 93.6 Å². The van der Waals surface area contributed by atoms with Crippen molar-refractivity contribution >= 4 is 11.5 Å². The molecule has 0 fully saturated rings. The Morgan fingerprint density at radius 2 is 1.81 bits per heavy atom. The maximum Gasteiger partial charge on any atom is 0.218 e.